The second-order valence-corrected chi connectivity index (χ2v) is 9.15. The van der Waals surface area contributed by atoms with Gasteiger partial charge in [-0.1, -0.05) is 47.5 Å². The van der Waals surface area contributed by atoms with E-state index in [0.717, 1.165) is 17.5 Å². The Balaban J connectivity index is 1.57. The molecule has 1 saturated heterocycles. The van der Waals surface area contributed by atoms with Crippen LogP contribution in [0, 0.1) is 11.3 Å². The SMILES string of the molecule is N#Cc1ccc(CCN2CC(=O)N(c3ccc(OCCO)cc3Cl)C(c3ccc(Cl)cc3)C2)cc1. The fourth-order valence-corrected chi connectivity index (χ4v) is 4.60. The number of piperazine rings is 1. The zero-order valence-corrected chi connectivity index (χ0v) is 20.5. The zero-order chi connectivity index (χ0) is 24.8. The molecule has 0 aliphatic carbocycles. The van der Waals surface area contributed by atoms with Gasteiger partial charge in [0.15, 0.2) is 0 Å². The number of halogens is 2. The van der Waals surface area contributed by atoms with Gasteiger partial charge in [-0.05, 0) is 53.9 Å². The van der Waals surface area contributed by atoms with Crippen LogP contribution in [0.3, 0.4) is 0 Å². The molecule has 1 heterocycles. The van der Waals surface area contributed by atoms with Gasteiger partial charge in [-0.15, -0.1) is 0 Å². The predicted octanol–water partition coefficient (Wildman–Crippen LogP) is 4.87. The third-order valence-corrected chi connectivity index (χ3v) is 6.52. The largest absolute Gasteiger partial charge is 0.491 e. The molecule has 0 saturated carbocycles. The number of aliphatic hydroxyl groups is 1. The Labute approximate surface area is 214 Å². The number of benzene rings is 3. The molecule has 6 nitrogen and oxygen atoms in total. The topological polar surface area (TPSA) is 76.8 Å². The quantitative estimate of drug-likeness (QED) is 0.468. The minimum atomic E-state index is -0.254. The van der Waals surface area contributed by atoms with Crippen LogP contribution in [0.2, 0.25) is 10.0 Å². The second kappa shape index (κ2) is 11.6. The number of nitrogens with zero attached hydrogens (tertiary/aromatic N) is 3. The molecule has 0 aromatic heterocycles. The molecule has 0 bridgehead atoms. The molecular weight excluding hydrogens is 485 g/mol. The van der Waals surface area contributed by atoms with E-state index in [-0.39, 0.29) is 31.7 Å². The molecule has 1 N–H and O–H groups in total. The second-order valence-electron chi connectivity index (χ2n) is 8.31. The van der Waals surface area contributed by atoms with Crippen molar-refractivity contribution < 1.29 is 14.6 Å². The van der Waals surface area contributed by atoms with Crippen LogP contribution >= 0.6 is 23.2 Å². The normalized spacial score (nSPS) is 16.2. The summed E-state index contributed by atoms with van der Waals surface area (Å²) in [5.41, 5.74) is 3.32. The molecule has 1 aliphatic heterocycles. The number of anilines is 1. The standard InChI is InChI=1S/C27H25Cl2N3O3/c28-22-7-5-21(6-8-22)26-17-31(12-11-19-1-3-20(16-30)4-2-19)18-27(34)32(26)25-10-9-23(15-24(25)29)35-14-13-33/h1-10,15,26,33H,11-14,17-18H2. The first-order valence-electron chi connectivity index (χ1n) is 11.3. The van der Waals surface area contributed by atoms with Crippen molar-refractivity contribution >= 4 is 34.8 Å². The lowest BCUT2D eigenvalue weighted by molar-refractivity contribution is -0.122. The molecule has 0 spiro atoms. The molecule has 3 aromatic rings. The van der Waals surface area contributed by atoms with Crippen molar-refractivity contribution in [3.05, 3.63) is 93.5 Å². The van der Waals surface area contributed by atoms with Gasteiger partial charge in [0.05, 0.1) is 41.5 Å². The maximum absolute atomic E-state index is 13.5. The molecule has 0 radical (unpaired) electrons. The fraction of sp³-hybridized carbons (Fsp3) is 0.259. The monoisotopic (exact) mass is 509 g/mol. The van der Waals surface area contributed by atoms with Crippen LogP contribution in [0.15, 0.2) is 66.7 Å². The number of nitriles is 1. The van der Waals surface area contributed by atoms with Gasteiger partial charge in [-0.3, -0.25) is 9.69 Å². The van der Waals surface area contributed by atoms with Crippen LogP contribution in [-0.4, -0.2) is 48.8 Å². The van der Waals surface area contributed by atoms with Gasteiger partial charge < -0.3 is 14.7 Å². The van der Waals surface area contributed by atoms with E-state index in [1.807, 2.05) is 48.5 Å². The summed E-state index contributed by atoms with van der Waals surface area (Å²) in [6.07, 6.45) is 0.768. The highest BCUT2D eigenvalue weighted by Crippen LogP contribution is 2.38. The fourth-order valence-electron chi connectivity index (χ4n) is 4.21. The minimum absolute atomic E-state index is 0.0537. The molecular formula is C27H25Cl2N3O3. The summed E-state index contributed by atoms with van der Waals surface area (Å²) in [5.74, 6) is 0.478. The van der Waals surface area contributed by atoms with Crippen molar-refractivity contribution in [2.45, 2.75) is 12.5 Å². The van der Waals surface area contributed by atoms with E-state index >= 15 is 0 Å². The van der Waals surface area contributed by atoms with Crippen LogP contribution in [0.1, 0.15) is 22.7 Å². The smallest absolute Gasteiger partial charge is 0.241 e. The Kier molecular flexibility index (Phi) is 8.27. The lowest BCUT2D eigenvalue weighted by Crippen LogP contribution is -2.52. The van der Waals surface area contributed by atoms with Crippen molar-refractivity contribution in [3.8, 4) is 11.8 Å². The molecule has 180 valence electrons. The first-order chi connectivity index (χ1) is 17.0. The Morgan fingerprint density at radius 3 is 2.46 bits per heavy atom. The molecule has 1 amide bonds. The lowest BCUT2D eigenvalue weighted by atomic mass is 10.00. The van der Waals surface area contributed by atoms with E-state index in [9.17, 15) is 4.79 Å². The Morgan fingerprint density at radius 1 is 1.06 bits per heavy atom. The van der Waals surface area contributed by atoms with Gasteiger partial charge in [0.2, 0.25) is 5.91 Å². The van der Waals surface area contributed by atoms with Gasteiger partial charge >= 0.3 is 0 Å². The average Bonchev–Trinajstić information content (AvgIpc) is 2.87. The van der Waals surface area contributed by atoms with Crippen LogP contribution < -0.4 is 9.64 Å². The van der Waals surface area contributed by atoms with Crippen LogP contribution in [0.4, 0.5) is 5.69 Å². The lowest BCUT2D eigenvalue weighted by Gasteiger charge is -2.41. The van der Waals surface area contributed by atoms with Gasteiger partial charge in [-0.25, -0.2) is 0 Å². The van der Waals surface area contributed by atoms with Gasteiger partial charge in [0.25, 0.3) is 0 Å². The Hall–Kier alpha value is -3.08. The highest BCUT2D eigenvalue weighted by molar-refractivity contribution is 6.34. The molecule has 1 unspecified atom stereocenters. The van der Waals surface area contributed by atoms with E-state index in [1.54, 1.807) is 23.1 Å². The predicted molar refractivity (Wildman–Crippen MR) is 137 cm³/mol. The average molecular weight is 510 g/mol. The molecule has 1 atom stereocenters. The van der Waals surface area contributed by atoms with Gasteiger partial charge in [-0.2, -0.15) is 5.26 Å². The van der Waals surface area contributed by atoms with Crippen molar-refractivity contribution in [1.29, 1.82) is 5.26 Å². The summed E-state index contributed by atoms with van der Waals surface area (Å²) in [7, 11) is 0. The van der Waals surface area contributed by atoms with Crippen LogP contribution in [0.25, 0.3) is 0 Å². The first kappa shape index (κ1) is 25.0. The maximum atomic E-state index is 13.5. The summed E-state index contributed by atoms with van der Waals surface area (Å²) in [6.45, 7) is 1.67. The number of amides is 1. The Bertz CT molecular complexity index is 1210. The van der Waals surface area contributed by atoms with Crippen molar-refractivity contribution in [2.75, 3.05) is 37.7 Å². The van der Waals surface area contributed by atoms with E-state index in [1.165, 1.54) is 0 Å². The molecule has 3 aromatic carbocycles. The van der Waals surface area contributed by atoms with E-state index in [4.69, 9.17) is 38.3 Å². The number of carbonyl (C=O) groups excluding carboxylic acids is 1. The minimum Gasteiger partial charge on any atom is -0.491 e. The molecule has 4 rings (SSSR count). The molecule has 1 aliphatic rings. The number of ether oxygens (including phenoxy) is 1. The van der Waals surface area contributed by atoms with E-state index in [2.05, 4.69) is 11.0 Å². The van der Waals surface area contributed by atoms with E-state index in [0.29, 0.717) is 40.1 Å². The van der Waals surface area contributed by atoms with Gasteiger partial charge in [0.1, 0.15) is 12.4 Å². The summed E-state index contributed by atoms with van der Waals surface area (Å²) in [5, 5.41) is 19.0. The van der Waals surface area contributed by atoms with Crippen molar-refractivity contribution in [2.24, 2.45) is 0 Å². The summed E-state index contributed by atoms with van der Waals surface area (Å²) in [6, 6.07) is 22.1. The third kappa shape index (κ3) is 6.14. The molecule has 1 fully saturated rings. The number of hydrogen-bond acceptors (Lipinski definition) is 5. The summed E-state index contributed by atoms with van der Waals surface area (Å²) < 4.78 is 5.46. The zero-order valence-electron chi connectivity index (χ0n) is 19.0. The van der Waals surface area contributed by atoms with Crippen molar-refractivity contribution in [3.63, 3.8) is 0 Å². The molecule has 8 heteroatoms. The van der Waals surface area contributed by atoms with Gasteiger partial charge in [0, 0.05) is 24.2 Å². The third-order valence-electron chi connectivity index (χ3n) is 5.96. The number of aliphatic hydroxyl groups excluding tert-OH is 1. The van der Waals surface area contributed by atoms with Crippen LogP contribution in [0.5, 0.6) is 5.75 Å². The highest BCUT2D eigenvalue weighted by atomic mass is 35.5. The first-order valence-corrected chi connectivity index (χ1v) is 12.1. The maximum Gasteiger partial charge on any atom is 0.241 e. The summed E-state index contributed by atoms with van der Waals surface area (Å²) in [4.78, 5) is 17.4. The van der Waals surface area contributed by atoms with Crippen LogP contribution in [-0.2, 0) is 11.2 Å². The highest BCUT2D eigenvalue weighted by Gasteiger charge is 2.35. The number of hydrogen-bond donors (Lipinski definition) is 1. The Morgan fingerprint density at radius 2 is 1.80 bits per heavy atom. The van der Waals surface area contributed by atoms with E-state index < -0.39 is 0 Å². The summed E-state index contributed by atoms with van der Waals surface area (Å²) >= 11 is 12.7. The number of carbonyl (C=O) groups is 1. The number of rotatable bonds is 8. The van der Waals surface area contributed by atoms with Crippen molar-refractivity contribution in [1.82, 2.24) is 4.90 Å². The molecule has 35 heavy (non-hydrogen) atoms.